The zero-order valence-electron chi connectivity index (χ0n) is 14.6. The van der Waals surface area contributed by atoms with Crippen molar-refractivity contribution in [3.8, 4) is 0 Å². The van der Waals surface area contributed by atoms with Gasteiger partial charge in [-0.05, 0) is 24.3 Å². The lowest BCUT2D eigenvalue weighted by atomic mass is 10.0. The molecule has 1 aromatic heterocycles. The number of aryl methyl sites for hydroxylation is 1. The van der Waals surface area contributed by atoms with E-state index in [0.29, 0.717) is 19.3 Å². The molecule has 0 fully saturated rings. The molecule has 1 N–H and O–H groups in total. The van der Waals surface area contributed by atoms with E-state index >= 15 is 0 Å². The first kappa shape index (κ1) is 19.1. The summed E-state index contributed by atoms with van der Waals surface area (Å²) in [6, 6.07) is 9.22. The molecule has 0 radical (unpaired) electrons. The normalized spacial score (nSPS) is 13.0. The van der Waals surface area contributed by atoms with Crippen LogP contribution in [0, 0.1) is 5.92 Å². The molecular formula is C17H23N3O4S. The van der Waals surface area contributed by atoms with Crippen molar-refractivity contribution < 1.29 is 17.6 Å². The average molecular weight is 365 g/mol. The Bertz CT molecular complexity index is 800. The van der Waals surface area contributed by atoms with Crippen LogP contribution >= 0.6 is 0 Å². The largest absolute Gasteiger partial charge is 0.410 e. The molecule has 1 amide bonds. The second kappa shape index (κ2) is 8.24. The zero-order valence-corrected chi connectivity index (χ0v) is 15.4. The van der Waals surface area contributed by atoms with Gasteiger partial charge in [-0.1, -0.05) is 49.3 Å². The van der Waals surface area contributed by atoms with Crippen LogP contribution in [0.5, 0.6) is 0 Å². The third-order valence-corrected chi connectivity index (χ3v) is 4.36. The van der Waals surface area contributed by atoms with Crippen molar-refractivity contribution in [1.82, 2.24) is 15.5 Å². The highest BCUT2D eigenvalue weighted by molar-refractivity contribution is 7.90. The Balaban J connectivity index is 2.04. The number of amides is 1. The van der Waals surface area contributed by atoms with Gasteiger partial charge in [-0.2, -0.15) is 0 Å². The van der Waals surface area contributed by atoms with Crippen molar-refractivity contribution in [2.24, 2.45) is 5.92 Å². The van der Waals surface area contributed by atoms with Crippen molar-refractivity contribution >= 4 is 15.7 Å². The number of sulfone groups is 1. The topological polar surface area (TPSA) is 102 Å². The maximum atomic E-state index is 12.3. The van der Waals surface area contributed by atoms with Crippen LogP contribution in [0.2, 0.25) is 0 Å². The van der Waals surface area contributed by atoms with Crippen LogP contribution in [0.4, 0.5) is 0 Å². The highest BCUT2D eigenvalue weighted by Crippen LogP contribution is 2.22. The van der Waals surface area contributed by atoms with Crippen LogP contribution in [-0.4, -0.2) is 30.8 Å². The summed E-state index contributed by atoms with van der Waals surface area (Å²) in [5.74, 6) is 0.226. The smallest absolute Gasteiger partial charge is 0.335 e. The Morgan fingerprint density at radius 2 is 1.88 bits per heavy atom. The molecule has 0 bridgehead atoms. The van der Waals surface area contributed by atoms with Crippen molar-refractivity contribution in [1.29, 1.82) is 0 Å². The predicted octanol–water partition coefficient (Wildman–Crippen LogP) is 2.31. The minimum absolute atomic E-state index is 0.113. The van der Waals surface area contributed by atoms with Crippen LogP contribution in [0.15, 0.2) is 40.0 Å². The van der Waals surface area contributed by atoms with E-state index < -0.39 is 21.1 Å². The Labute approximate surface area is 147 Å². The number of rotatable bonds is 8. The molecular weight excluding hydrogens is 342 g/mol. The standard InChI is InChI=1S/C17H23N3O4S/c1-12(2)11-14(16-19-20-17(24-16)25(3,22)23)18-15(21)10-9-13-7-5-4-6-8-13/h4-8,12,14H,9-11H2,1-3H3,(H,18,21)/t14-/m0/s1. The van der Waals surface area contributed by atoms with E-state index in [4.69, 9.17) is 4.42 Å². The minimum atomic E-state index is -3.57. The molecule has 2 aromatic rings. The molecule has 0 aliphatic carbocycles. The molecule has 0 saturated carbocycles. The summed E-state index contributed by atoms with van der Waals surface area (Å²) in [4.78, 5) is 12.3. The molecule has 0 unspecified atom stereocenters. The monoisotopic (exact) mass is 365 g/mol. The van der Waals surface area contributed by atoms with Crippen molar-refractivity contribution in [2.45, 2.75) is 44.4 Å². The molecule has 0 saturated heterocycles. The molecule has 7 nitrogen and oxygen atoms in total. The summed E-state index contributed by atoms with van der Waals surface area (Å²) >= 11 is 0. The van der Waals surface area contributed by atoms with E-state index in [1.807, 2.05) is 44.2 Å². The first-order valence-corrected chi connectivity index (χ1v) is 10.0. The minimum Gasteiger partial charge on any atom is -0.410 e. The van der Waals surface area contributed by atoms with Gasteiger partial charge in [0.05, 0.1) is 0 Å². The lowest BCUT2D eigenvalue weighted by Crippen LogP contribution is -2.30. The maximum Gasteiger partial charge on any atom is 0.335 e. The quantitative estimate of drug-likeness (QED) is 0.770. The fraction of sp³-hybridized carbons (Fsp3) is 0.471. The van der Waals surface area contributed by atoms with Gasteiger partial charge in [0.15, 0.2) is 0 Å². The predicted molar refractivity (Wildman–Crippen MR) is 92.5 cm³/mol. The summed E-state index contributed by atoms with van der Waals surface area (Å²) in [6.07, 6.45) is 2.52. The third kappa shape index (κ3) is 5.97. The number of carbonyl (C=O) groups is 1. The number of carbonyl (C=O) groups excluding carboxylic acids is 1. The lowest BCUT2D eigenvalue weighted by Gasteiger charge is -2.17. The Kier molecular flexibility index (Phi) is 6.30. The van der Waals surface area contributed by atoms with Crippen molar-refractivity contribution in [3.05, 3.63) is 41.8 Å². The van der Waals surface area contributed by atoms with Crippen LogP contribution < -0.4 is 5.32 Å². The number of nitrogens with one attached hydrogen (secondary N) is 1. The van der Waals surface area contributed by atoms with Crippen LogP contribution in [-0.2, 0) is 21.1 Å². The number of hydrogen-bond acceptors (Lipinski definition) is 6. The van der Waals surface area contributed by atoms with Gasteiger partial charge in [0.1, 0.15) is 6.04 Å². The van der Waals surface area contributed by atoms with Gasteiger partial charge < -0.3 is 9.73 Å². The average Bonchev–Trinajstić information content (AvgIpc) is 3.03. The highest BCUT2D eigenvalue weighted by atomic mass is 32.2. The molecule has 0 aliphatic rings. The van der Waals surface area contributed by atoms with Gasteiger partial charge in [-0.3, -0.25) is 4.79 Å². The fourth-order valence-electron chi connectivity index (χ4n) is 2.37. The van der Waals surface area contributed by atoms with E-state index in [1.165, 1.54) is 0 Å². The van der Waals surface area contributed by atoms with Crippen molar-refractivity contribution in [3.63, 3.8) is 0 Å². The lowest BCUT2D eigenvalue weighted by molar-refractivity contribution is -0.122. The molecule has 0 spiro atoms. The molecule has 8 heteroatoms. The van der Waals surface area contributed by atoms with Gasteiger partial charge in [-0.25, -0.2) is 8.42 Å². The molecule has 1 heterocycles. The van der Waals surface area contributed by atoms with Gasteiger partial charge in [0, 0.05) is 12.7 Å². The molecule has 136 valence electrons. The summed E-state index contributed by atoms with van der Waals surface area (Å²) in [6.45, 7) is 3.99. The first-order chi connectivity index (χ1) is 11.8. The van der Waals surface area contributed by atoms with E-state index in [0.717, 1.165) is 11.8 Å². The number of hydrogen-bond donors (Lipinski definition) is 1. The number of aromatic nitrogens is 2. The zero-order chi connectivity index (χ0) is 18.4. The van der Waals surface area contributed by atoms with Crippen LogP contribution in [0.1, 0.15) is 44.2 Å². The number of nitrogens with zero attached hydrogens (tertiary/aromatic N) is 2. The van der Waals surface area contributed by atoms with Gasteiger partial charge >= 0.3 is 5.22 Å². The highest BCUT2D eigenvalue weighted by Gasteiger charge is 2.24. The van der Waals surface area contributed by atoms with Gasteiger partial charge in [0.25, 0.3) is 0 Å². The third-order valence-electron chi connectivity index (χ3n) is 3.56. The second-order valence-corrected chi connectivity index (χ2v) is 8.31. The summed E-state index contributed by atoms with van der Waals surface area (Å²) in [5, 5.41) is 9.79. The maximum absolute atomic E-state index is 12.3. The molecule has 1 aromatic carbocycles. The Morgan fingerprint density at radius 1 is 1.20 bits per heavy atom. The Morgan fingerprint density at radius 3 is 2.44 bits per heavy atom. The van der Waals surface area contributed by atoms with E-state index in [1.54, 1.807) is 0 Å². The molecule has 0 aliphatic heterocycles. The molecule has 1 atom stereocenters. The SMILES string of the molecule is CC(C)C[C@H](NC(=O)CCc1ccccc1)c1nnc(S(C)(=O)=O)o1. The van der Waals surface area contributed by atoms with E-state index in [-0.39, 0.29) is 17.7 Å². The summed E-state index contributed by atoms with van der Waals surface area (Å²) in [7, 11) is -3.57. The van der Waals surface area contributed by atoms with Crippen molar-refractivity contribution in [2.75, 3.05) is 6.26 Å². The fourth-order valence-corrected chi connectivity index (χ4v) is 2.80. The van der Waals surface area contributed by atoms with Crippen LogP contribution in [0.25, 0.3) is 0 Å². The summed E-state index contributed by atoms with van der Waals surface area (Å²) in [5.41, 5.74) is 1.08. The first-order valence-electron chi connectivity index (χ1n) is 8.12. The summed E-state index contributed by atoms with van der Waals surface area (Å²) < 4.78 is 28.2. The van der Waals surface area contributed by atoms with E-state index in [9.17, 15) is 13.2 Å². The molecule has 25 heavy (non-hydrogen) atoms. The van der Waals surface area contributed by atoms with Gasteiger partial charge in [-0.15, -0.1) is 5.10 Å². The Hall–Kier alpha value is -2.22. The van der Waals surface area contributed by atoms with Gasteiger partial charge in [0.2, 0.25) is 21.6 Å². The second-order valence-electron chi connectivity index (χ2n) is 6.41. The van der Waals surface area contributed by atoms with Crippen LogP contribution in [0.3, 0.4) is 0 Å². The number of benzene rings is 1. The molecule has 2 rings (SSSR count). The van der Waals surface area contributed by atoms with E-state index in [2.05, 4.69) is 15.5 Å².